The summed E-state index contributed by atoms with van der Waals surface area (Å²) in [7, 11) is -3.14. The molecule has 0 aliphatic carbocycles. The third-order valence-electron chi connectivity index (χ3n) is 3.71. The maximum Gasteiger partial charge on any atom is 0.211 e. The largest absolute Gasteiger partial charge is 0.368 e. The van der Waals surface area contributed by atoms with Gasteiger partial charge in [-0.15, -0.1) is 0 Å². The number of H-pyrrole nitrogens is 1. The smallest absolute Gasteiger partial charge is 0.211 e. The molecule has 0 amide bonds. The van der Waals surface area contributed by atoms with Crippen molar-refractivity contribution in [3.05, 3.63) is 23.9 Å². The van der Waals surface area contributed by atoms with E-state index in [1.54, 1.807) is 12.3 Å². The topological polar surface area (TPSA) is 93.1 Å². The predicted octanol–water partition coefficient (Wildman–Crippen LogP) is 0.516. The summed E-state index contributed by atoms with van der Waals surface area (Å²) in [6.45, 7) is 2.11. The fraction of sp³-hybridized carbons (Fsp3) is 0.385. The van der Waals surface area contributed by atoms with E-state index in [-0.39, 0.29) is 0 Å². The molecule has 21 heavy (non-hydrogen) atoms. The van der Waals surface area contributed by atoms with Crippen LogP contribution in [-0.4, -0.2) is 55.4 Å². The van der Waals surface area contributed by atoms with Crippen LogP contribution in [0.25, 0.3) is 10.9 Å². The highest BCUT2D eigenvalue weighted by atomic mass is 32.2. The summed E-state index contributed by atoms with van der Waals surface area (Å²) in [5.74, 6) is 0. The van der Waals surface area contributed by atoms with Crippen molar-refractivity contribution in [1.29, 1.82) is 5.26 Å². The first-order valence-electron chi connectivity index (χ1n) is 6.56. The zero-order valence-electron chi connectivity index (χ0n) is 11.6. The molecular weight excluding hydrogens is 290 g/mol. The fourth-order valence-corrected chi connectivity index (χ4v) is 3.45. The minimum absolute atomic E-state index is 0.453. The Morgan fingerprint density at radius 1 is 1.29 bits per heavy atom. The summed E-state index contributed by atoms with van der Waals surface area (Å²) in [5, 5.41) is 17.0. The first kappa shape index (κ1) is 13.9. The van der Waals surface area contributed by atoms with E-state index in [0.717, 1.165) is 16.6 Å². The van der Waals surface area contributed by atoms with Crippen molar-refractivity contribution in [3.8, 4) is 6.07 Å². The van der Waals surface area contributed by atoms with Gasteiger partial charge in [-0.2, -0.15) is 14.7 Å². The Morgan fingerprint density at radius 3 is 2.62 bits per heavy atom. The lowest BCUT2D eigenvalue weighted by Crippen LogP contribution is -2.48. The molecule has 1 N–H and O–H groups in total. The molecule has 2 aromatic rings. The highest BCUT2D eigenvalue weighted by Crippen LogP contribution is 2.28. The molecule has 8 heteroatoms. The normalized spacial score (nSPS) is 17.0. The van der Waals surface area contributed by atoms with Crippen LogP contribution in [0.1, 0.15) is 5.56 Å². The molecule has 0 unspecified atom stereocenters. The highest BCUT2D eigenvalue weighted by Gasteiger charge is 2.24. The maximum atomic E-state index is 11.6. The zero-order chi connectivity index (χ0) is 15.0. The van der Waals surface area contributed by atoms with E-state index in [4.69, 9.17) is 5.26 Å². The van der Waals surface area contributed by atoms with E-state index in [0.29, 0.717) is 31.7 Å². The average molecular weight is 305 g/mol. The first-order chi connectivity index (χ1) is 9.99. The molecule has 1 aliphatic rings. The minimum atomic E-state index is -3.14. The van der Waals surface area contributed by atoms with Gasteiger partial charge in [-0.3, -0.25) is 5.10 Å². The van der Waals surface area contributed by atoms with Crippen LogP contribution < -0.4 is 4.90 Å². The van der Waals surface area contributed by atoms with Crippen molar-refractivity contribution < 1.29 is 8.42 Å². The lowest BCUT2D eigenvalue weighted by Gasteiger charge is -2.35. The first-order valence-corrected chi connectivity index (χ1v) is 8.41. The monoisotopic (exact) mass is 305 g/mol. The van der Waals surface area contributed by atoms with Crippen LogP contribution in [-0.2, 0) is 10.0 Å². The number of hydrogen-bond donors (Lipinski definition) is 1. The standard InChI is InChI=1S/C13H15N5O2S/c1-21(19,20)18-4-2-17(3-5-18)13-7-10(8-14)6-12-11(13)9-15-16-12/h6-7,9H,2-5H2,1H3,(H,15,16). The summed E-state index contributed by atoms with van der Waals surface area (Å²) < 4.78 is 24.6. The summed E-state index contributed by atoms with van der Waals surface area (Å²) in [6.07, 6.45) is 2.96. The van der Waals surface area contributed by atoms with Gasteiger partial charge >= 0.3 is 0 Å². The van der Waals surface area contributed by atoms with Crippen LogP contribution in [0.4, 0.5) is 5.69 Å². The number of rotatable bonds is 2. The number of nitrogens with one attached hydrogen (secondary N) is 1. The van der Waals surface area contributed by atoms with Crippen LogP contribution in [0.3, 0.4) is 0 Å². The van der Waals surface area contributed by atoms with Gasteiger partial charge in [0.05, 0.1) is 29.6 Å². The lowest BCUT2D eigenvalue weighted by molar-refractivity contribution is 0.388. The van der Waals surface area contributed by atoms with Gasteiger partial charge in [0.15, 0.2) is 0 Å². The number of aromatic nitrogens is 2. The van der Waals surface area contributed by atoms with E-state index in [2.05, 4.69) is 21.2 Å². The van der Waals surface area contributed by atoms with Gasteiger partial charge in [-0.05, 0) is 12.1 Å². The number of anilines is 1. The van der Waals surface area contributed by atoms with Crippen molar-refractivity contribution >= 4 is 26.6 Å². The molecule has 0 atom stereocenters. The molecular formula is C13H15N5O2S. The molecule has 110 valence electrons. The summed E-state index contributed by atoms with van der Waals surface area (Å²) in [4.78, 5) is 2.10. The molecule has 3 rings (SSSR count). The van der Waals surface area contributed by atoms with Gasteiger partial charge in [0.1, 0.15) is 0 Å². The van der Waals surface area contributed by atoms with Crippen LogP contribution >= 0.6 is 0 Å². The summed E-state index contributed by atoms with van der Waals surface area (Å²) in [6, 6.07) is 5.73. The van der Waals surface area contributed by atoms with Gasteiger partial charge in [0.2, 0.25) is 10.0 Å². The van der Waals surface area contributed by atoms with Crippen LogP contribution in [0.5, 0.6) is 0 Å². The van der Waals surface area contributed by atoms with E-state index >= 15 is 0 Å². The van der Waals surface area contributed by atoms with Crippen LogP contribution in [0.15, 0.2) is 18.3 Å². The Bertz CT molecular complexity index is 813. The van der Waals surface area contributed by atoms with E-state index in [9.17, 15) is 8.42 Å². The average Bonchev–Trinajstić information content (AvgIpc) is 2.93. The summed E-state index contributed by atoms with van der Waals surface area (Å²) in [5.41, 5.74) is 2.30. The number of fused-ring (bicyclic) bond motifs is 1. The van der Waals surface area contributed by atoms with Gasteiger partial charge in [0.25, 0.3) is 0 Å². The number of nitrogens with zero attached hydrogens (tertiary/aromatic N) is 4. The van der Waals surface area contributed by atoms with Gasteiger partial charge in [0, 0.05) is 37.3 Å². The zero-order valence-corrected chi connectivity index (χ0v) is 12.4. The molecule has 2 heterocycles. The molecule has 0 saturated carbocycles. The highest BCUT2D eigenvalue weighted by molar-refractivity contribution is 7.88. The van der Waals surface area contributed by atoms with Crippen LogP contribution in [0, 0.1) is 11.3 Å². The Labute approximate surface area is 122 Å². The minimum Gasteiger partial charge on any atom is -0.368 e. The molecule has 1 aromatic heterocycles. The van der Waals surface area contributed by atoms with Gasteiger partial charge < -0.3 is 4.90 Å². The van der Waals surface area contributed by atoms with Crippen molar-refractivity contribution in [2.24, 2.45) is 0 Å². The molecule has 1 aliphatic heterocycles. The summed E-state index contributed by atoms with van der Waals surface area (Å²) >= 11 is 0. The van der Waals surface area contributed by atoms with E-state index in [1.807, 2.05) is 6.07 Å². The number of hydrogen-bond acceptors (Lipinski definition) is 5. The Morgan fingerprint density at radius 2 is 2.00 bits per heavy atom. The molecule has 0 bridgehead atoms. The second kappa shape index (κ2) is 5.02. The number of benzene rings is 1. The Balaban J connectivity index is 1.92. The third kappa shape index (κ3) is 2.57. The van der Waals surface area contributed by atoms with Crippen LogP contribution in [0.2, 0.25) is 0 Å². The molecule has 0 spiro atoms. The molecule has 0 radical (unpaired) electrons. The van der Waals surface area contributed by atoms with Crippen molar-refractivity contribution in [1.82, 2.24) is 14.5 Å². The molecule has 1 aromatic carbocycles. The third-order valence-corrected chi connectivity index (χ3v) is 5.02. The van der Waals surface area contributed by atoms with Gasteiger partial charge in [-0.25, -0.2) is 8.42 Å². The van der Waals surface area contributed by atoms with E-state index in [1.165, 1.54) is 10.6 Å². The Hall–Kier alpha value is -2.11. The predicted molar refractivity (Wildman–Crippen MR) is 79.4 cm³/mol. The maximum absolute atomic E-state index is 11.6. The second-order valence-electron chi connectivity index (χ2n) is 5.09. The quantitative estimate of drug-likeness (QED) is 0.873. The SMILES string of the molecule is CS(=O)(=O)N1CCN(c2cc(C#N)cc3[nH]ncc23)CC1. The van der Waals surface area contributed by atoms with Crippen molar-refractivity contribution in [2.75, 3.05) is 37.3 Å². The number of nitriles is 1. The number of aromatic amines is 1. The van der Waals surface area contributed by atoms with Gasteiger partial charge in [-0.1, -0.05) is 0 Å². The van der Waals surface area contributed by atoms with Crippen molar-refractivity contribution in [3.63, 3.8) is 0 Å². The molecule has 7 nitrogen and oxygen atoms in total. The number of sulfonamides is 1. The second-order valence-corrected chi connectivity index (χ2v) is 7.07. The fourth-order valence-electron chi connectivity index (χ4n) is 2.62. The lowest BCUT2D eigenvalue weighted by atomic mass is 10.1. The van der Waals surface area contributed by atoms with E-state index < -0.39 is 10.0 Å². The molecule has 1 fully saturated rings. The number of piperazine rings is 1. The van der Waals surface area contributed by atoms with Crippen molar-refractivity contribution in [2.45, 2.75) is 0 Å². The Kier molecular flexibility index (Phi) is 3.31. The molecule has 1 saturated heterocycles.